The summed E-state index contributed by atoms with van der Waals surface area (Å²) in [5.74, 6) is 0.706. The summed E-state index contributed by atoms with van der Waals surface area (Å²) in [4.78, 5) is 15.6. The molecule has 1 aromatic heterocycles. The number of rotatable bonds is 3. The van der Waals surface area contributed by atoms with Crippen LogP contribution in [0, 0.1) is 6.92 Å². The van der Waals surface area contributed by atoms with E-state index in [0.29, 0.717) is 5.56 Å². The number of pyridine rings is 1. The maximum absolute atomic E-state index is 11.4. The highest BCUT2D eigenvalue weighted by molar-refractivity contribution is 5.94. The summed E-state index contributed by atoms with van der Waals surface area (Å²) in [5.41, 5.74) is 2.69. The molecule has 0 bridgehead atoms. The van der Waals surface area contributed by atoms with Gasteiger partial charge in [0.15, 0.2) is 0 Å². The van der Waals surface area contributed by atoms with Crippen molar-refractivity contribution in [2.45, 2.75) is 6.92 Å². The van der Waals surface area contributed by atoms with Gasteiger partial charge in [-0.05, 0) is 48.9 Å². The molecule has 18 heavy (non-hydrogen) atoms. The summed E-state index contributed by atoms with van der Waals surface area (Å²) in [7, 11) is 1.62. The number of carbonyl (C=O) groups excluding carboxylic acids is 1. The Morgan fingerprint density at radius 1 is 1.17 bits per heavy atom. The normalized spacial score (nSPS) is 9.89. The topological polar surface area (TPSA) is 54.0 Å². The molecule has 1 amide bonds. The van der Waals surface area contributed by atoms with E-state index in [2.05, 4.69) is 15.6 Å². The predicted octanol–water partition coefficient (Wildman–Crippen LogP) is 2.49. The lowest BCUT2D eigenvalue weighted by Gasteiger charge is -2.07. The molecular weight excluding hydrogens is 226 g/mol. The largest absolute Gasteiger partial charge is 0.355 e. The van der Waals surface area contributed by atoms with Gasteiger partial charge in [-0.15, -0.1) is 0 Å². The van der Waals surface area contributed by atoms with E-state index in [-0.39, 0.29) is 5.91 Å². The number of hydrogen-bond donors (Lipinski definition) is 2. The summed E-state index contributed by atoms with van der Waals surface area (Å²) >= 11 is 0. The Morgan fingerprint density at radius 3 is 2.50 bits per heavy atom. The Bertz CT molecular complexity index is 549. The first-order chi connectivity index (χ1) is 8.69. The van der Waals surface area contributed by atoms with Gasteiger partial charge in [-0.2, -0.15) is 0 Å². The number of nitrogens with one attached hydrogen (secondary N) is 2. The van der Waals surface area contributed by atoms with Gasteiger partial charge in [0.25, 0.3) is 5.91 Å². The van der Waals surface area contributed by atoms with E-state index in [1.54, 1.807) is 25.4 Å². The van der Waals surface area contributed by atoms with E-state index in [9.17, 15) is 4.79 Å². The second kappa shape index (κ2) is 5.31. The summed E-state index contributed by atoms with van der Waals surface area (Å²) in [6, 6.07) is 11.2. The molecule has 0 aliphatic heterocycles. The van der Waals surface area contributed by atoms with Crippen LogP contribution in [0.1, 0.15) is 15.9 Å². The zero-order valence-electron chi connectivity index (χ0n) is 10.4. The Balaban J connectivity index is 2.13. The van der Waals surface area contributed by atoms with Crippen molar-refractivity contribution in [1.29, 1.82) is 0 Å². The Morgan fingerprint density at radius 2 is 1.89 bits per heavy atom. The first-order valence-electron chi connectivity index (χ1n) is 5.71. The van der Waals surface area contributed by atoms with Crippen LogP contribution in [0.15, 0.2) is 42.6 Å². The monoisotopic (exact) mass is 241 g/mol. The molecule has 0 saturated carbocycles. The van der Waals surface area contributed by atoms with Crippen LogP contribution in [-0.4, -0.2) is 17.9 Å². The van der Waals surface area contributed by atoms with Crippen LogP contribution >= 0.6 is 0 Å². The number of benzene rings is 1. The number of hydrogen-bond acceptors (Lipinski definition) is 3. The molecule has 92 valence electrons. The Hall–Kier alpha value is -2.36. The van der Waals surface area contributed by atoms with Crippen LogP contribution in [0.2, 0.25) is 0 Å². The minimum atomic E-state index is -0.0877. The lowest BCUT2D eigenvalue weighted by Crippen LogP contribution is -2.17. The van der Waals surface area contributed by atoms with Crippen LogP contribution in [0.3, 0.4) is 0 Å². The number of nitrogens with zero attached hydrogens (tertiary/aromatic N) is 1. The fourth-order valence-corrected chi connectivity index (χ4v) is 1.60. The molecular formula is C14H15N3O. The molecule has 0 saturated heterocycles. The number of anilines is 2. The van der Waals surface area contributed by atoms with Gasteiger partial charge in [0.1, 0.15) is 5.82 Å². The number of amides is 1. The molecule has 2 N–H and O–H groups in total. The molecule has 2 rings (SSSR count). The highest BCUT2D eigenvalue weighted by Crippen LogP contribution is 2.15. The molecule has 0 radical (unpaired) electrons. The molecule has 1 heterocycles. The first-order valence-corrected chi connectivity index (χ1v) is 5.71. The molecule has 0 atom stereocenters. The standard InChI is InChI=1S/C14H15N3O/c1-10-7-8-16-13(9-10)17-12-5-3-11(4-6-12)14(18)15-2/h3-9H,1-2H3,(H,15,18)(H,16,17). The van der Waals surface area contributed by atoms with Gasteiger partial charge in [0, 0.05) is 24.5 Å². The SMILES string of the molecule is CNC(=O)c1ccc(Nc2cc(C)ccn2)cc1. The van der Waals surface area contributed by atoms with Crippen LogP contribution in [0.5, 0.6) is 0 Å². The minimum absolute atomic E-state index is 0.0877. The zero-order chi connectivity index (χ0) is 13.0. The highest BCUT2D eigenvalue weighted by Gasteiger charge is 2.02. The third-order valence-corrected chi connectivity index (χ3v) is 2.56. The van der Waals surface area contributed by atoms with Crippen molar-refractivity contribution in [1.82, 2.24) is 10.3 Å². The number of aryl methyl sites for hydroxylation is 1. The molecule has 0 spiro atoms. The lowest BCUT2D eigenvalue weighted by atomic mass is 10.2. The van der Waals surface area contributed by atoms with E-state index in [1.807, 2.05) is 31.2 Å². The quantitative estimate of drug-likeness (QED) is 0.868. The lowest BCUT2D eigenvalue weighted by molar-refractivity contribution is 0.0963. The fraction of sp³-hybridized carbons (Fsp3) is 0.143. The average molecular weight is 241 g/mol. The molecule has 1 aromatic carbocycles. The van der Waals surface area contributed by atoms with Crippen LogP contribution in [0.4, 0.5) is 11.5 Å². The van der Waals surface area contributed by atoms with Crippen LogP contribution < -0.4 is 10.6 Å². The molecule has 0 fully saturated rings. The first kappa shape index (κ1) is 12.1. The van der Waals surface area contributed by atoms with Crippen molar-refractivity contribution in [3.63, 3.8) is 0 Å². The third kappa shape index (κ3) is 2.85. The summed E-state index contributed by atoms with van der Waals surface area (Å²) in [6.07, 6.45) is 1.76. The van der Waals surface area contributed by atoms with E-state index in [0.717, 1.165) is 17.1 Å². The Labute approximate surface area is 106 Å². The van der Waals surface area contributed by atoms with E-state index in [4.69, 9.17) is 0 Å². The minimum Gasteiger partial charge on any atom is -0.355 e. The fourth-order valence-electron chi connectivity index (χ4n) is 1.60. The molecule has 4 heteroatoms. The van der Waals surface area contributed by atoms with Crippen molar-refractivity contribution >= 4 is 17.4 Å². The van der Waals surface area contributed by atoms with Gasteiger partial charge in [-0.25, -0.2) is 4.98 Å². The number of aromatic nitrogens is 1. The van der Waals surface area contributed by atoms with Crippen molar-refractivity contribution < 1.29 is 4.79 Å². The van der Waals surface area contributed by atoms with Crippen molar-refractivity contribution in [3.05, 3.63) is 53.7 Å². The van der Waals surface area contributed by atoms with E-state index >= 15 is 0 Å². The number of carbonyl (C=O) groups is 1. The molecule has 2 aromatic rings. The third-order valence-electron chi connectivity index (χ3n) is 2.56. The molecule has 0 aliphatic carbocycles. The second-order valence-electron chi connectivity index (χ2n) is 4.00. The predicted molar refractivity (Wildman–Crippen MR) is 72.1 cm³/mol. The van der Waals surface area contributed by atoms with Gasteiger partial charge in [0.05, 0.1) is 0 Å². The van der Waals surface area contributed by atoms with Gasteiger partial charge in [0.2, 0.25) is 0 Å². The molecule has 0 unspecified atom stereocenters. The zero-order valence-corrected chi connectivity index (χ0v) is 10.4. The molecule has 4 nitrogen and oxygen atoms in total. The van der Waals surface area contributed by atoms with E-state index in [1.165, 1.54) is 0 Å². The van der Waals surface area contributed by atoms with E-state index < -0.39 is 0 Å². The summed E-state index contributed by atoms with van der Waals surface area (Å²) in [5, 5.41) is 5.77. The van der Waals surface area contributed by atoms with Gasteiger partial charge in [-0.3, -0.25) is 4.79 Å². The van der Waals surface area contributed by atoms with Gasteiger partial charge >= 0.3 is 0 Å². The van der Waals surface area contributed by atoms with Crippen LogP contribution in [-0.2, 0) is 0 Å². The van der Waals surface area contributed by atoms with Crippen molar-refractivity contribution in [3.8, 4) is 0 Å². The summed E-state index contributed by atoms with van der Waals surface area (Å²) in [6.45, 7) is 2.02. The Kier molecular flexibility index (Phi) is 3.57. The highest BCUT2D eigenvalue weighted by atomic mass is 16.1. The van der Waals surface area contributed by atoms with Gasteiger partial charge in [-0.1, -0.05) is 0 Å². The molecule has 0 aliphatic rings. The second-order valence-corrected chi connectivity index (χ2v) is 4.00. The average Bonchev–Trinajstić information content (AvgIpc) is 2.39. The maximum atomic E-state index is 11.4. The summed E-state index contributed by atoms with van der Waals surface area (Å²) < 4.78 is 0. The van der Waals surface area contributed by atoms with Gasteiger partial charge < -0.3 is 10.6 Å². The van der Waals surface area contributed by atoms with Crippen molar-refractivity contribution in [2.24, 2.45) is 0 Å². The van der Waals surface area contributed by atoms with Crippen molar-refractivity contribution in [2.75, 3.05) is 12.4 Å². The maximum Gasteiger partial charge on any atom is 0.251 e. The smallest absolute Gasteiger partial charge is 0.251 e. The van der Waals surface area contributed by atoms with Crippen LogP contribution in [0.25, 0.3) is 0 Å².